The molecule has 0 bridgehead atoms. The Kier molecular flexibility index (Phi) is 10.4. The van der Waals surface area contributed by atoms with Crippen LogP contribution in [0.2, 0.25) is 0 Å². The summed E-state index contributed by atoms with van der Waals surface area (Å²) < 4.78 is 40.7. The minimum Gasteiger partial charge on any atom is -0.508 e. The third-order valence-electron chi connectivity index (χ3n) is 7.64. The van der Waals surface area contributed by atoms with Crippen LogP contribution in [0, 0.1) is 0 Å². The summed E-state index contributed by atoms with van der Waals surface area (Å²) in [7, 11) is -1.72. The molecule has 232 valence electrons. The number of likely N-dealkylation sites (N-methyl/N-ethyl adjacent to an activating group) is 1. The Morgan fingerprint density at radius 3 is 2.25 bits per heavy atom. The molecule has 1 saturated heterocycles. The summed E-state index contributed by atoms with van der Waals surface area (Å²) in [6, 6.07) is 30.0. The van der Waals surface area contributed by atoms with Gasteiger partial charge >= 0.3 is 0 Å². The number of phenolic OH excluding ortho intramolecular Hbond substituents is 1. The molecule has 4 N–H and O–H groups in total. The molecule has 44 heavy (non-hydrogen) atoms. The summed E-state index contributed by atoms with van der Waals surface area (Å²) in [5.74, 6) is 0.106. The number of aromatic hydroxyl groups is 1. The summed E-state index contributed by atoms with van der Waals surface area (Å²) in [5, 5.41) is 30.0. The molecular formula is C34H38N2O7S. The monoisotopic (exact) mass is 618 g/mol. The molecule has 4 aromatic rings. The largest absolute Gasteiger partial charge is 0.508 e. The second-order valence-corrected chi connectivity index (χ2v) is 12.8. The van der Waals surface area contributed by atoms with Gasteiger partial charge in [-0.15, -0.1) is 0 Å². The van der Waals surface area contributed by atoms with Crippen molar-refractivity contribution in [2.75, 3.05) is 20.1 Å². The van der Waals surface area contributed by atoms with Crippen molar-refractivity contribution in [3.8, 4) is 5.75 Å². The van der Waals surface area contributed by atoms with Crippen LogP contribution >= 0.6 is 0 Å². The highest BCUT2D eigenvalue weighted by atomic mass is 32.2. The van der Waals surface area contributed by atoms with Crippen LogP contribution < -0.4 is 4.72 Å². The molecule has 1 heterocycles. The normalized spacial score (nSPS) is 19.6. The number of rotatable bonds is 12. The number of benzene rings is 4. The standard InChI is InChI=1S/C34H38N2O7S/c1-36(22-32(39)28-6-5-7-29(38)18-28)21-30-19-33(26-14-12-25(23-37)13-15-26)43-34(42-30)27-16-10-24(11-17-27)20-35-44(40,41)31-8-3-2-4-9-31/h2-18,30,32-35,37-39H,19-23H2,1H3/t30-,32-,33+,34+/m1/s1. The van der Waals surface area contributed by atoms with Crippen molar-refractivity contribution >= 4 is 10.0 Å². The summed E-state index contributed by atoms with van der Waals surface area (Å²) in [6.07, 6.45) is -1.36. The molecule has 1 aliphatic heterocycles. The van der Waals surface area contributed by atoms with E-state index >= 15 is 0 Å². The van der Waals surface area contributed by atoms with Gasteiger partial charge in [0, 0.05) is 31.6 Å². The zero-order valence-electron chi connectivity index (χ0n) is 24.5. The molecule has 0 unspecified atom stereocenters. The van der Waals surface area contributed by atoms with Crippen molar-refractivity contribution < 1.29 is 33.2 Å². The van der Waals surface area contributed by atoms with Gasteiger partial charge in [-0.1, -0.05) is 78.9 Å². The fourth-order valence-corrected chi connectivity index (χ4v) is 6.28. The highest BCUT2D eigenvalue weighted by molar-refractivity contribution is 7.89. The van der Waals surface area contributed by atoms with Crippen molar-refractivity contribution in [3.05, 3.63) is 131 Å². The van der Waals surface area contributed by atoms with Crippen LogP contribution in [-0.2, 0) is 32.6 Å². The maximum atomic E-state index is 12.6. The summed E-state index contributed by atoms with van der Waals surface area (Å²) in [4.78, 5) is 2.21. The summed E-state index contributed by atoms with van der Waals surface area (Å²) >= 11 is 0. The highest BCUT2D eigenvalue weighted by Crippen LogP contribution is 2.38. The highest BCUT2D eigenvalue weighted by Gasteiger charge is 2.33. The summed E-state index contributed by atoms with van der Waals surface area (Å²) in [6.45, 7) is 0.970. The Bertz CT molecular complexity index is 1600. The number of ether oxygens (including phenoxy) is 2. The van der Waals surface area contributed by atoms with Gasteiger partial charge in [-0.05, 0) is 53.6 Å². The molecule has 9 nitrogen and oxygen atoms in total. The second-order valence-electron chi connectivity index (χ2n) is 11.1. The Hall–Kier alpha value is -3.61. The van der Waals surface area contributed by atoms with E-state index in [0.29, 0.717) is 25.1 Å². The smallest absolute Gasteiger partial charge is 0.240 e. The van der Waals surface area contributed by atoms with E-state index in [4.69, 9.17) is 9.47 Å². The van der Waals surface area contributed by atoms with Gasteiger partial charge in [0.05, 0.1) is 29.8 Å². The number of hydrogen-bond acceptors (Lipinski definition) is 8. The minimum atomic E-state index is -3.63. The molecule has 0 spiro atoms. The zero-order valence-corrected chi connectivity index (χ0v) is 25.3. The lowest BCUT2D eigenvalue weighted by atomic mass is 9.99. The van der Waals surface area contributed by atoms with Gasteiger partial charge in [-0.25, -0.2) is 13.1 Å². The minimum absolute atomic E-state index is 0.0413. The summed E-state index contributed by atoms with van der Waals surface area (Å²) in [5.41, 5.74) is 4.00. The molecular weight excluding hydrogens is 580 g/mol. The van der Waals surface area contributed by atoms with Crippen LogP contribution in [0.4, 0.5) is 0 Å². The Morgan fingerprint density at radius 2 is 1.57 bits per heavy atom. The lowest BCUT2D eigenvalue weighted by molar-refractivity contribution is -0.252. The van der Waals surface area contributed by atoms with Crippen molar-refractivity contribution in [2.24, 2.45) is 0 Å². The van der Waals surface area contributed by atoms with E-state index in [2.05, 4.69) is 4.72 Å². The van der Waals surface area contributed by atoms with E-state index < -0.39 is 22.4 Å². The fourth-order valence-electron chi connectivity index (χ4n) is 5.24. The van der Waals surface area contributed by atoms with E-state index in [1.807, 2.05) is 60.5 Å². The van der Waals surface area contributed by atoms with Gasteiger partial charge < -0.3 is 29.7 Å². The van der Waals surface area contributed by atoms with Crippen molar-refractivity contribution in [3.63, 3.8) is 0 Å². The molecule has 0 aliphatic carbocycles. The van der Waals surface area contributed by atoms with E-state index in [9.17, 15) is 23.7 Å². The predicted molar refractivity (Wildman–Crippen MR) is 166 cm³/mol. The third kappa shape index (κ3) is 8.30. The molecule has 10 heteroatoms. The SMILES string of the molecule is CN(C[C@H]1C[C@@H](c2ccc(CO)cc2)O[C@@H](c2ccc(CNS(=O)(=O)c3ccccc3)cc2)O1)C[C@@H](O)c1cccc(O)c1. The maximum absolute atomic E-state index is 12.6. The van der Waals surface area contributed by atoms with Gasteiger partial charge in [0.15, 0.2) is 6.29 Å². The lowest BCUT2D eigenvalue weighted by Gasteiger charge is -2.38. The Balaban J connectivity index is 1.28. The van der Waals surface area contributed by atoms with E-state index in [0.717, 1.165) is 22.3 Å². The van der Waals surface area contributed by atoms with Crippen molar-refractivity contribution in [1.29, 1.82) is 0 Å². The van der Waals surface area contributed by atoms with Gasteiger partial charge in [0.25, 0.3) is 0 Å². The molecule has 4 aromatic carbocycles. The maximum Gasteiger partial charge on any atom is 0.240 e. The van der Waals surface area contributed by atoms with Crippen LogP contribution in [-0.4, -0.2) is 54.9 Å². The van der Waals surface area contributed by atoms with E-state index in [1.165, 1.54) is 0 Å². The van der Waals surface area contributed by atoms with Gasteiger partial charge in [0.2, 0.25) is 10.0 Å². The van der Waals surface area contributed by atoms with Crippen LogP contribution in [0.25, 0.3) is 0 Å². The number of phenols is 1. The van der Waals surface area contributed by atoms with Crippen LogP contribution in [0.15, 0.2) is 108 Å². The first kappa shape index (κ1) is 31.8. The second kappa shape index (κ2) is 14.4. The van der Waals surface area contributed by atoms with Gasteiger partial charge in [-0.2, -0.15) is 0 Å². The molecule has 5 rings (SSSR count). The molecule has 0 aromatic heterocycles. The zero-order chi connectivity index (χ0) is 31.1. The van der Waals surface area contributed by atoms with E-state index in [1.54, 1.807) is 54.6 Å². The average Bonchev–Trinajstić information content (AvgIpc) is 3.04. The number of hydrogen-bond donors (Lipinski definition) is 4. The van der Waals surface area contributed by atoms with Gasteiger partial charge in [0.1, 0.15) is 5.75 Å². The molecule has 4 atom stereocenters. The molecule has 0 saturated carbocycles. The topological polar surface area (TPSA) is 129 Å². The first-order valence-corrected chi connectivity index (χ1v) is 16.0. The van der Waals surface area contributed by atoms with E-state index in [-0.39, 0.29) is 36.0 Å². The third-order valence-corrected chi connectivity index (χ3v) is 9.06. The van der Waals surface area contributed by atoms with Crippen molar-refractivity contribution in [2.45, 2.75) is 49.1 Å². The number of nitrogens with one attached hydrogen (secondary N) is 1. The lowest BCUT2D eigenvalue weighted by Crippen LogP contribution is -2.39. The Morgan fingerprint density at radius 1 is 0.886 bits per heavy atom. The van der Waals surface area contributed by atoms with Crippen LogP contribution in [0.5, 0.6) is 5.75 Å². The van der Waals surface area contributed by atoms with Gasteiger partial charge in [-0.3, -0.25) is 0 Å². The number of nitrogens with zero attached hydrogens (tertiary/aromatic N) is 1. The molecule has 1 fully saturated rings. The number of aliphatic hydroxyl groups is 2. The number of aliphatic hydroxyl groups excluding tert-OH is 2. The van der Waals surface area contributed by atoms with Crippen molar-refractivity contribution in [1.82, 2.24) is 9.62 Å². The Labute approximate surface area is 258 Å². The number of sulfonamides is 1. The average molecular weight is 619 g/mol. The first-order chi connectivity index (χ1) is 21.2. The molecule has 0 radical (unpaired) electrons. The quantitative estimate of drug-likeness (QED) is 0.182. The van der Waals surface area contributed by atoms with Crippen LogP contribution in [0.1, 0.15) is 52.7 Å². The van der Waals surface area contributed by atoms with Crippen LogP contribution in [0.3, 0.4) is 0 Å². The molecule has 1 aliphatic rings. The first-order valence-electron chi connectivity index (χ1n) is 14.5. The molecule has 0 amide bonds. The fraction of sp³-hybridized carbons (Fsp3) is 0.294. The predicted octanol–water partition coefficient (Wildman–Crippen LogP) is 4.57.